The molecule has 1 aromatic heterocycles. The first-order valence-electron chi connectivity index (χ1n) is 10.4. The summed E-state index contributed by atoms with van der Waals surface area (Å²) in [5.41, 5.74) is 1.18. The molecule has 166 valence electrons. The van der Waals surface area contributed by atoms with Crippen molar-refractivity contribution in [3.63, 3.8) is 0 Å². The molecule has 0 fully saturated rings. The van der Waals surface area contributed by atoms with E-state index in [1.54, 1.807) is 45.0 Å². The van der Waals surface area contributed by atoms with E-state index >= 15 is 0 Å². The highest BCUT2D eigenvalue weighted by Gasteiger charge is 2.24. The number of carbonyl (C=O) groups is 2. The predicted molar refractivity (Wildman–Crippen MR) is 127 cm³/mol. The second kappa shape index (κ2) is 10.2. The first-order chi connectivity index (χ1) is 15.3. The summed E-state index contributed by atoms with van der Waals surface area (Å²) in [7, 11) is 0. The van der Waals surface area contributed by atoms with Crippen LogP contribution in [0.25, 0.3) is 11.3 Å². The number of para-hydroxylation sites is 1. The van der Waals surface area contributed by atoms with Crippen molar-refractivity contribution < 1.29 is 9.59 Å². The summed E-state index contributed by atoms with van der Waals surface area (Å²) in [5, 5.41) is 10.3. The summed E-state index contributed by atoms with van der Waals surface area (Å²) in [6, 6.07) is 16.7. The van der Waals surface area contributed by atoms with Gasteiger partial charge in [-0.25, -0.2) is 4.68 Å². The van der Waals surface area contributed by atoms with E-state index in [2.05, 4.69) is 15.7 Å². The molecule has 1 atom stereocenters. The minimum Gasteiger partial charge on any atom is -0.323 e. The summed E-state index contributed by atoms with van der Waals surface area (Å²) < 4.78 is 1.13. The Morgan fingerprint density at radius 3 is 2.22 bits per heavy atom. The van der Waals surface area contributed by atoms with Crippen LogP contribution >= 0.6 is 11.6 Å². The van der Waals surface area contributed by atoms with E-state index < -0.39 is 17.5 Å². The molecule has 0 unspecified atom stereocenters. The van der Waals surface area contributed by atoms with E-state index in [4.69, 9.17) is 11.6 Å². The highest BCUT2D eigenvalue weighted by Crippen LogP contribution is 2.24. The molecule has 2 aromatic carbocycles. The molecule has 0 aliphatic heterocycles. The topological polar surface area (TPSA) is 93.1 Å². The molecule has 0 bridgehead atoms. The van der Waals surface area contributed by atoms with Gasteiger partial charge in [-0.3, -0.25) is 14.4 Å². The number of carbonyl (C=O) groups excluding carboxylic acids is 2. The zero-order valence-electron chi connectivity index (χ0n) is 18.1. The number of rotatable bonds is 7. The Labute approximate surface area is 191 Å². The largest absolute Gasteiger partial charge is 0.323 e. The maximum Gasteiger partial charge on any atom is 0.291 e. The molecule has 7 nitrogen and oxygen atoms in total. The van der Waals surface area contributed by atoms with Gasteiger partial charge in [0, 0.05) is 11.5 Å². The molecule has 0 radical (unpaired) electrons. The average Bonchev–Trinajstić information content (AvgIpc) is 2.78. The lowest BCUT2D eigenvalue weighted by atomic mass is 10.1. The van der Waals surface area contributed by atoms with Crippen LogP contribution in [0.15, 0.2) is 65.5 Å². The van der Waals surface area contributed by atoms with Gasteiger partial charge in [-0.05, 0) is 24.6 Å². The van der Waals surface area contributed by atoms with Crippen LogP contribution in [0.3, 0.4) is 0 Å². The Balaban J connectivity index is 2.07. The smallest absolute Gasteiger partial charge is 0.291 e. The Morgan fingerprint density at radius 1 is 0.969 bits per heavy atom. The van der Waals surface area contributed by atoms with E-state index in [0.29, 0.717) is 22.8 Å². The quantitative estimate of drug-likeness (QED) is 0.541. The molecule has 0 aliphatic rings. The fraction of sp³-hybridized carbons (Fsp3) is 0.250. The number of anilines is 2. The number of nitrogens with one attached hydrogen (secondary N) is 2. The van der Waals surface area contributed by atoms with Gasteiger partial charge < -0.3 is 10.6 Å². The molecule has 0 saturated carbocycles. The fourth-order valence-corrected chi connectivity index (χ4v) is 3.27. The Morgan fingerprint density at radius 2 is 1.59 bits per heavy atom. The van der Waals surface area contributed by atoms with Crippen LogP contribution in [-0.2, 0) is 9.59 Å². The monoisotopic (exact) mass is 452 g/mol. The van der Waals surface area contributed by atoms with Gasteiger partial charge in [-0.1, -0.05) is 74.8 Å². The molecule has 0 saturated heterocycles. The van der Waals surface area contributed by atoms with Crippen LogP contribution in [0, 0.1) is 5.92 Å². The van der Waals surface area contributed by atoms with Crippen molar-refractivity contribution in [1.82, 2.24) is 9.78 Å². The van der Waals surface area contributed by atoms with Gasteiger partial charge >= 0.3 is 0 Å². The van der Waals surface area contributed by atoms with E-state index in [-0.39, 0.29) is 17.5 Å². The Hall–Kier alpha value is -3.45. The van der Waals surface area contributed by atoms with Crippen LogP contribution in [0.5, 0.6) is 0 Å². The van der Waals surface area contributed by atoms with Crippen LogP contribution in [-0.4, -0.2) is 21.6 Å². The minimum atomic E-state index is -0.905. The molecule has 32 heavy (non-hydrogen) atoms. The molecular formula is C24H25ClN4O3. The third-order valence-electron chi connectivity index (χ3n) is 4.90. The van der Waals surface area contributed by atoms with Crippen LogP contribution in [0.2, 0.25) is 5.02 Å². The Kier molecular flexibility index (Phi) is 7.43. The lowest BCUT2D eigenvalue weighted by Crippen LogP contribution is -2.37. The SMILES string of the molecule is CC[C@@H](C(=O)Nc1ccccc1Cl)n1nc(-c2ccccc2)cc(NC(=O)C(C)C)c1=O. The summed E-state index contributed by atoms with van der Waals surface area (Å²) in [6.45, 7) is 5.25. The third-order valence-corrected chi connectivity index (χ3v) is 5.23. The zero-order chi connectivity index (χ0) is 23.3. The zero-order valence-corrected chi connectivity index (χ0v) is 18.9. The summed E-state index contributed by atoms with van der Waals surface area (Å²) in [5.74, 6) is -1.05. The van der Waals surface area contributed by atoms with Gasteiger partial charge in [0.1, 0.15) is 11.7 Å². The van der Waals surface area contributed by atoms with E-state index in [0.717, 1.165) is 10.2 Å². The predicted octanol–water partition coefficient (Wildman–Crippen LogP) is 4.75. The van der Waals surface area contributed by atoms with Gasteiger partial charge in [0.2, 0.25) is 11.8 Å². The number of nitrogens with zero attached hydrogens (tertiary/aromatic N) is 2. The van der Waals surface area contributed by atoms with E-state index in [9.17, 15) is 14.4 Å². The molecule has 3 aromatic rings. The normalized spacial score (nSPS) is 11.8. The van der Waals surface area contributed by atoms with Crippen molar-refractivity contribution in [2.75, 3.05) is 10.6 Å². The second-order valence-corrected chi connectivity index (χ2v) is 8.00. The highest BCUT2D eigenvalue weighted by molar-refractivity contribution is 6.33. The van der Waals surface area contributed by atoms with E-state index in [1.165, 1.54) is 6.07 Å². The molecule has 8 heteroatoms. The number of hydrogen-bond acceptors (Lipinski definition) is 4. The summed E-state index contributed by atoms with van der Waals surface area (Å²) in [6.07, 6.45) is 0.305. The maximum absolute atomic E-state index is 13.2. The second-order valence-electron chi connectivity index (χ2n) is 7.60. The summed E-state index contributed by atoms with van der Waals surface area (Å²) in [4.78, 5) is 38.6. The highest BCUT2D eigenvalue weighted by atomic mass is 35.5. The van der Waals surface area contributed by atoms with Crippen molar-refractivity contribution in [2.24, 2.45) is 5.92 Å². The van der Waals surface area contributed by atoms with Crippen LogP contribution in [0.1, 0.15) is 33.2 Å². The Bertz CT molecular complexity index is 1180. The van der Waals surface area contributed by atoms with Gasteiger partial charge in [-0.15, -0.1) is 0 Å². The van der Waals surface area contributed by atoms with E-state index in [1.807, 2.05) is 30.3 Å². The number of aromatic nitrogens is 2. The summed E-state index contributed by atoms with van der Waals surface area (Å²) >= 11 is 6.16. The first-order valence-corrected chi connectivity index (χ1v) is 10.7. The van der Waals surface area contributed by atoms with Crippen molar-refractivity contribution in [3.8, 4) is 11.3 Å². The third kappa shape index (κ3) is 5.23. The maximum atomic E-state index is 13.2. The van der Waals surface area contributed by atoms with Crippen molar-refractivity contribution in [3.05, 3.63) is 76.0 Å². The number of halogens is 1. The average molecular weight is 453 g/mol. The molecule has 1 heterocycles. The number of amides is 2. The molecule has 3 rings (SSSR count). The van der Waals surface area contributed by atoms with Gasteiger partial charge in [0.25, 0.3) is 5.56 Å². The number of benzene rings is 2. The van der Waals surface area contributed by atoms with Crippen molar-refractivity contribution in [1.29, 1.82) is 0 Å². The molecule has 0 aliphatic carbocycles. The minimum absolute atomic E-state index is 0.0709. The van der Waals surface area contributed by atoms with Crippen LogP contribution < -0.4 is 16.2 Å². The lowest BCUT2D eigenvalue weighted by Gasteiger charge is -2.19. The fourth-order valence-electron chi connectivity index (χ4n) is 3.09. The first kappa shape index (κ1) is 23.2. The van der Waals surface area contributed by atoms with Gasteiger partial charge in [0.15, 0.2) is 0 Å². The molecule has 2 amide bonds. The lowest BCUT2D eigenvalue weighted by molar-refractivity contribution is -0.120. The molecular weight excluding hydrogens is 428 g/mol. The standard InChI is InChI=1S/C24H25ClN4O3/c1-4-21(23(31)26-18-13-9-8-12-17(18)25)29-24(32)20(27-22(30)15(2)3)14-19(28-29)16-10-6-5-7-11-16/h5-15,21H,4H2,1-3H3,(H,26,31)(H,27,30)/t21-/m0/s1. The van der Waals surface area contributed by atoms with Gasteiger partial charge in [-0.2, -0.15) is 5.10 Å². The molecule has 2 N–H and O–H groups in total. The van der Waals surface area contributed by atoms with Gasteiger partial charge in [0.05, 0.1) is 16.4 Å². The van der Waals surface area contributed by atoms with Crippen molar-refractivity contribution in [2.45, 2.75) is 33.2 Å². The molecule has 0 spiro atoms. The number of hydrogen-bond donors (Lipinski definition) is 2. The van der Waals surface area contributed by atoms with Crippen molar-refractivity contribution >= 4 is 34.8 Å². The van der Waals surface area contributed by atoms with Crippen LogP contribution in [0.4, 0.5) is 11.4 Å².